The average molecular weight is 343 g/mol. The van der Waals surface area contributed by atoms with Gasteiger partial charge in [0.15, 0.2) is 0 Å². The summed E-state index contributed by atoms with van der Waals surface area (Å²) in [5.74, 6) is -0.0346. The molecule has 1 N–H and O–H groups in total. The number of nitrogens with zero attached hydrogens (tertiary/aromatic N) is 2. The molecule has 124 valence electrons. The minimum Gasteiger partial charge on any atom is -0.478 e. The van der Waals surface area contributed by atoms with Crippen LogP contribution in [0.25, 0.3) is 16.7 Å². The summed E-state index contributed by atoms with van der Waals surface area (Å²) in [5, 5.41) is 10.00. The van der Waals surface area contributed by atoms with Crippen molar-refractivity contribution < 1.29 is 9.90 Å². The van der Waals surface area contributed by atoms with Gasteiger partial charge in [-0.25, -0.2) is 9.78 Å². The highest BCUT2D eigenvalue weighted by molar-refractivity contribution is 6.32. The Morgan fingerprint density at radius 1 is 1.29 bits per heavy atom. The van der Waals surface area contributed by atoms with Gasteiger partial charge in [0.25, 0.3) is 0 Å². The highest BCUT2D eigenvalue weighted by Gasteiger charge is 2.18. The molecule has 0 aliphatic carbocycles. The van der Waals surface area contributed by atoms with Gasteiger partial charge in [0.2, 0.25) is 0 Å². The number of hydrogen-bond acceptors (Lipinski definition) is 2. The van der Waals surface area contributed by atoms with E-state index in [0.717, 1.165) is 47.4 Å². The first-order valence-electron chi connectivity index (χ1n) is 8.03. The van der Waals surface area contributed by atoms with Crippen LogP contribution in [-0.4, -0.2) is 20.6 Å². The predicted molar refractivity (Wildman–Crippen MR) is 96.4 cm³/mol. The molecule has 3 rings (SSSR count). The van der Waals surface area contributed by atoms with Crippen molar-refractivity contribution in [2.45, 2.75) is 33.1 Å². The summed E-state index contributed by atoms with van der Waals surface area (Å²) in [6, 6.07) is 10.9. The second kappa shape index (κ2) is 6.65. The summed E-state index contributed by atoms with van der Waals surface area (Å²) in [7, 11) is 0. The maximum absolute atomic E-state index is 11.4. The van der Waals surface area contributed by atoms with Gasteiger partial charge in [-0.2, -0.15) is 0 Å². The lowest BCUT2D eigenvalue weighted by molar-refractivity contribution is 0.0697. The van der Waals surface area contributed by atoms with Crippen molar-refractivity contribution in [3.63, 3.8) is 0 Å². The van der Waals surface area contributed by atoms with Crippen molar-refractivity contribution in [2.24, 2.45) is 0 Å². The van der Waals surface area contributed by atoms with Gasteiger partial charge in [0.1, 0.15) is 5.82 Å². The molecule has 0 unspecified atom stereocenters. The normalized spacial score (nSPS) is 11.1. The Morgan fingerprint density at radius 3 is 2.71 bits per heavy atom. The van der Waals surface area contributed by atoms with Crippen LogP contribution in [0.5, 0.6) is 0 Å². The molecule has 4 nitrogen and oxygen atoms in total. The molecule has 5 heteroatoms. The van der Waals surface area contributed by atoms with E-state index in [9.17, 15) is 9.90 Å². The fraction of sp³-hybridized carbons (Fsp3) is 0.263. The molecule has 0 aliphatic rings. The Labute approximate surface area is 145 Å². The quantitative estimate of drug-likeness (QED) is 0.707. The van der Waals surface area contributed by atoms with Gasteiger partial charge in [-0.05, 0) is 43.2 Å². The van der Waals surface area contributed by atoms with Gasteiger partial charge >= 0.3 is 5.97 Å². The number of aromatic nitrogens is 2. The van der Waals surface area contributed by atoms with Crippen molar-refractivity contribution in [3.8, 4) is 5.69 Å². The fourth-order valence-corrected chi connectivity index (χ4v) is 3.14. The largest absolute Gasteiger partial charge is 0.478 e. The summed E-state index contributed by atoms with van der Waals surface area (Å²) in [6.45, 7) is 4.03. The van der Waals surface area contributed by atoms with Crippen molar-refractivity contribution >= 4 is 28.6 Å². The monoisotopic (exact) mass is 342 g/mol. The molecule has 0 saturated carbocycles. The SMILES string of the molecule is CCCCc1nc2c(C)cc(C(=O)O)cc2n1-c1ccccc1Cl. The number of carboxylic acid groups (broad SMARTS) is 1. The van der Waals surface area contributed by atoms with Crippen LogP contribution in [0.3, 0.4) is 0 Å². The van der Waals surface area contributed by atoms with Crippen LogP contribution in [-0.2, 0) is 6.42 Å². The van der Waals surface area contributed by atoms with Crippen molar-refractivity contribution in [2.75, 3.05) is 0 Å². The molecule has 0 saturated heterocycles. The van der Waals surface area contributed by atoms with Crippen LogP contribution in [0.1, 0.15) is 41.5 Å². The van der Waals surface area contributed by atoms with Gasteiger partial charge in [0, 0.05) is 6.42 Å². The number of carbonyl (C=O) groups is 1. The van der Waals surface area contributed by atoms with Gasteiger partial charge in [-0.3, -0.25) is 4.57 Å². The van der Waals surface area contributed by atoms with E-state index in [0.29, 0.717) is 5.02 Å². The second-order valence-electron chi connectivity index (χ2n) is 5.88. The molecule has 0 fully saturated rings. The summed E-state index contributed by atoms with van der Waals surface area (Å²) in [4.78, 5) is 16.2. The molecule has 0 amide bonds. The average Bonchev–Trinajstić information content (AvgIpc) is 2.92. The van der Waals surface area contributed by atoms with Crippen LogP contribution in [0.15, 0.2) is 36.4 Å². The Kier molecular flexibility index (Phi) is 4.58. The lowest BCUT2D eigenvalue weighted by Crippen LogP contribution is -2.03. The number of rotatable bonds is 5. The molecule has 1 heterocycles. The number of aromatic carboxylic acids is 1. The van der Waals surface area contributed by atoms with Crippen molar-refractivity contribution in [3.05, 3.63) is 58.4 Å². The van der Waals surface area contributed by atoms with Gasteiger partial charge in [-0.15, -0.1) is 0 Å². The summed E-state index contributed by atoms with van der Waals surface area (Å²) in [5.41, 5.74) is 3.55. The van der Waals surface area contributed by atoms with E-state index in [4.69, 9.17) is 16.6 Å². The Morgan fingerprint density at radius 2 is 2.04 bits per heavy atom. The molecule has 24 heavy (non-hydrogen) atoms. The third kappa shape index (κ3) is 2.89. The zero-order valence-corrected chi connectivity index (χ0v) is 14.5. The lowest BCUT2D eigenvalue weighted by Gasteiger charge is -2.11. The zero-order valence-electron chi connectivity index (χ0n) is 13.7. The van der Waals surface area contributed by atoms with Crippen molar-refractivity contribution in [1.82, 2.24) is 9.55 Å². The van der Waals surface area contributed by atoms with E-state index in [1.54, 1.807) is 12.1 Å². The molecule has 0 bridgehead atoms. The van der Waals surface area contributed by atoms with Gasteiger partial charge in [0.05, 0.1) is 27.3 Å². The number of halogens is 1. The number of unbranched alkanes of at least 4 members (excludes halogenated alkanes) is 1. The maximum atomic E-state index is 11.4. The van der Waals surface area contributed by atoms with Crippen molar-refractivity contribution in [1.29, 1.82) is 0 Å². The van der Waals surface area contributed by atoms with E-state index in [1.165, 1.54) is 0 Å². The Balaban J connectivity index is 2.34. The van der Waals surface area contributed by atoms with E-state index >= 15 is 0 Å². The molecule has 0 radical (unpaired) electrons. The van der Waals surface area contributed by atoms with Crippen LogP contribution in [0.2, 0.25) is 5.02 Å². The molecule has 0 atom stereocenters. The van der Waals surface area contributed by atoms with Gasteiger partial charge < -0.3 is 5.11 Å². The van der Waals surface area contributed by atoms with E-state index in [-0.39, 0.29) is 5.56 Å². The molecule has 3 aromatic rings. The second-order valence-corrected chi connectivity index (χ2v) is 6.29. The Bertz CT molecular complexity index is 915. The minimum atomic E-state index is -0.943. The van der Waals surface area contributed by atoms with E-state index in [2.05, 4.69) is 6.92 Å². The first-order valence-corrected chi connectivity index (χ1v) is 8.41. The number of para-hydroxylation sites is 1. The number of imidazole rings is 1. The molecule has 0 spiro atoms. The van der Waals surface area contributed by atoms with Gasteiger partial charge in [-0.1, -0.05) is 37.1 Å². The summed E-state index contributed by atoms with van der Waals surface area (Å²) >= 11 is 6.40. The molecule has 2 aromatic carbocycles. The first kappa shape index (κ1) is 16.5. The van der Waals surface area contributed by atoms with E-state index in [1.807, 2.05) is 35.8 Å². The highest BCUT2D eigenvalue weighted by Crippen LogP contribution is 2.30. The van der Waals surface area contributed by atoms with Crippen LogP contribution >= 0.6 is 11.6 Å². The molecular formula is C19H19ClN2O2. The smallest absolute Gasteiger partial charge is 0.335 e. The minimum absolute atomic E-state index is 0.259. The summed E-state index contributed by atoms with van der Waals surface area (Å²) < 4.78 is 1.99. The number of hydrogen-bond donors (Lipinski definition) is 1. The van der Waals surface area contributed by atoms with Crippen LogP contribution < -0.4 is 0 Å². The standard InChI is InChI=1S/C19H19ClN2O2/c1-3-4-9-17-21-18-12(2)10-13(19(23)24)11-16(18)22(17)15-8-6-5-7-14(15)20/h5-8,10-11H,3-4,9H2,1-2H3,(H,23,24). The number of carboxylic acids is 1. The lowest BCUT2D eigenvalue weighted by atomic mass is 10.1. The topological polar surface area (TPSA) is 55.1 Å². The summed E-state index contributed by atoms with van der Waals surface area (Å²) in [6.07, 6.45) is 2.89. The van der Waals surface area contributed by atoms with Crippen LogP contribution in [0, 0.1) is 6.92 Å². The number of benzene rings is 2. The molecule has 0 aliphatic heterocycles. The predicted octanol–water partition coefficient (Wildman–Crippen LogP) is 5.03. The fourth-order valence-electron chi connectivity index (χ4n) is 2.92. The number of aryl methyl sites for hydroxylation is 2. The number of fused-ring (bicyclic) bond motifs is 1. The third-order valence-electron chi connectivity index (χ3n) is 4.11. The highest BCUT2D eigenvalue weighted by atomic mass is 35.5. The zero-order chi connectivity index (χ0) is 17.3. The van der Waals surface area contributed by atoms with E-state index < -0.39 is 5.97 Å². The first-order chi connectivity index (χ1) is 11.5. The molecular weight excluding hydrogens is 324 g/mol. The third-order valence-corrected chi connectivity index (χ3v) is 4.43. The Hall–Kier alpha value is -2.33. The maximum Gasteiger partial charge on any atom is 0.335 e. The molecule has 1 aromatic heterocycles. The van der Waals surface area contributed by atoms with Crippen LogP contribution in [0.4, 0.5) is 0 Å².